The van der Waals surface area contributed by atoms with Gasteiger partial charge in [0.25, 0.3) is 5.56 Å². The van der Waals surface area contributed by atoms with Gasteiger partial charge in [-0.25, -0.2) is 8.42 Å². The maximum atomic E-state index is 12.8. The van der Waals surface area contributed by atoms with Crippen LogP contribution in [0.5, 0.6) is 0 Å². The Balaban J connectivity index is 1.33. The molecule has 3 aromatic rings. The van der Waals surface area contributed by atoms with Crippen molar-refractivity contribution in [2.24, 2.45) is 7.05 Å². The molecule has 2 aliphatic rings. The number of hydrogen-bond donors (Lipinski definition) is 2. The standard InChI is InChI=1S/C27H35N5O5S/c1-30-18-23(21-5-9-28-26(21)27(30)34)22-17-20(38(2,35)36)3-4-24(22)29-19-6-11-32(12-7-19)25(33)8-10-31-13-15-37-16-14-31/h3-5,9,17-19,28-29H,6-8,10-16H2,1-2H3. The minimum Gasteiger partial charge on any atom is -0.382 e. The number of H-pyrrole nitrogens is 1. The Kier molecular flexibility index (Phi) is 7.60. The summed E-state index contributed by atoms with van der Waals surface area (Å²) < 4.78 is 31.6. The van der Waals surface area contributed by atoms with Crippen molar-refractivity contribution < 1.29 is 17.9 Å². The summed E-state index contributed by atoms with van der Waals surface area (Å²) in [4.78, 5) is 32.9. The second-order valence-corrected chi connectivity index (χ2v) is 12.2. The first-order chi connectivity index (χ1) is 18.2. The number of ether oxygens (including phenoxy) is 1. The third-order valence-corrected chi connectivity index (χ3v) is 8.67. The highest BCUT2D eigenvalue weighted by Crippen LogP contribution is 2.35. The van der Waals surface area contributed by atoms with Gasteiger partial charge in [-0.1, -0.05) is 0 Å². The van der Waals surface area contributed by atoms with Gasteiger partial charge in [0.15, 0.2) is 9.84 Å². The molecule has 0 radical (unpaired) electrons. The number of amides is 1. The molecule has 0 atom stereocenters. The minimum absolute atomic E-state index is 0.135. The van der Waals surface area contributed by atoms with Crippen LogP contribution in [-0.2, 0) is 26.4 Å². The van der Waals surface area contributed by atoms with Gasteiger partial charge in [0.05, 0.1) is 18.1 Å². The lowest BCUT2D eigenvalue weighted by atomic mass is 9.99. The summed E-state index contributed by atoms with van der Waals surface area (Å²) in [5.41, 5.74) is 2.62. The van der Waals surface area contributed by atoms with E-state index < -0.39 is 9.84 Å². The summed E-state index contributed by atoms with van der Waals surface area (Å²) in [6.07, 6.45) is 6.77. The van der Waals surface area contributed by atoms with E-state index in [0.717, 1.165) is 67.9 Å². The van der Waals surface area contributed by atoms with E-state index in [2.05, 4.69) is 15.2 Å². The molecule has 2 N–H and O–H groups in total. The van der Waals surface area contributed by atoms with Gasteiger partial charge < -0.3 is 24.5 Å². The van der Waals surface area contributed by atoms with Crippen LogP contribution in [-0.4, -0.2) is 91.9 Å². The van der Waals surface area contributed by atoms with Crippen molar-refractivity contribution in [3.05, 3.63) is 47.0 Å². The molecule has 1 amide bonds. The quantitative estimate of drug-likeness (QED) is 0.470. The number of rotatable bonds is 7. The van der Waals surface area contributed by atoms with E-state index in [0.29, 0.717) is 25.0 Å². The van der Waals surface area contributed by atoms with E-state index >= 15 is 0 Å². The van der Waals surface area contributed by atoms with Crippen molar-refractivity contribution in [1.82, 2.24) is 19.4 Å². The molecule has 2 saturated heterocycles. The van der Waals surface area contributed by atoms with E-state index in [9.17, 15) is 18.0 Å². The monoisotopic (exact) mass is 541 g/mol. The van der Waals surface area contributed by atoms with E-state index in [1.54, 1.807) is 37.6 Å². The van der Waals surface area contributed by atoms with Crippen LogP contribution >= 0.6 is 0 Å². The van der Waals surface area contributed by atoms with Crippen molar-refractivity contribution in [2.45, 2.75) is 30.2 Å². The summed E-state index contributed by atoms with van der Waals surface area (Å²) >= 11 is 0. The Labute approximate surface area is 222 Å². The number of sulfone groups is 1. The Morgan fingerprint density at radius 2 is 1.84 bits per heavy atom. The fourth-order valence-corrected chi connectivity index (χ4v) is 5.96. The Morgan fingerprint density at radius 1 is 1.11 bits per heavy atom. The first-order valence-electron chi connectivity index (χ1n) is 13.1. The third-order valence-electron chi connectivity index (χ3n) is 7.56. The molecule has 1 aromatic carbocycles. The van der Waals surface area contributed by atoms with Crippen molar-refractivity contribution in [3.8, 4) is 11.1 Å². The molecule has 2 aromatic heterocycles. The second kappa shape index (κ2) is 10.9. The average Bonchev–Trinajstić information content (AvgIpc) is 3.40. The van der Waals surface area contributed by atoms with Gasteiger partial charge >= 0.3 is 0 Å². The zero-order chi connectivity index (χ0) is 26.9. The van der Waals surface area contributed by atoms with Gasteiger partial charge in [0.2, 0.25) is 5.91 Å². The first kappa shape index (κ1) is 26.5. The number of anilines is 1. The van der Waals surface area contributed by atoms with E-state index in [4.69, 9.17) is 4.74 Å². The predicted molar refractivity (Wildman–Crippen MR) is 147 cm³/mol. The molecule has 0 bridgehead atoms. The van der Waals surface area contributed by atoms with Gasteiger partial charge in [-0.3, -0.25) is 14.5 Å². The number of carbonyl (C=O) groups excluding carboxylic acids is 1. The highest BCUT2D eigenvalue weighted by atomic mass is 32.2. The largest absolute Gasteiger partial charge is 0.382 e. The number of benzene rings is 1. The molecule has 38 heavy (non-hydrogen) atoms. The molecule has 0 spiro atoms. The van der Waals surface area contributed by atoms with Gasteiger partial charge in [-0.15, -0.1) is 0 Å². The normalized spacial score (nSPS) is 17.7. The summed E-state index contributed by atoms with van der Waals surface area (Å²) in [6.45, 7) is 5.34. The van der Waals surface area contributed by atoms with Crippen LogP contribution in [0, 0.1) is 0 Å². The number of carbonyl (C=O) groups is 1. The molecule has 4 heterocycles. The number of nitrogens with one attached hydrogen (secondary N) is 2. The maximum Gasteiger partial charge on any atom is 0.274 e. The molecule has 0 unspecified atom stereocenters. The van der Waals surface area contributed by atoms with Crippen LogP contribution in [0.25, 0.3) is 22.0 Å². The van der Waals surface area contributed by atoms with E-state index in [-0.39, 0.29) is 22.4 Å². The lowest BCUT2D eigenvalue weighted by Gasteiger charge is -2.34. The fraction of sp³-hybridized carbons (Fsp3) is 0.481. The Morgan fingerprint density at radius 3 is 2.55 bits per heavy atom. The van der Waals surface area contributed by atoms with E-state index in [1.165, 1.54) is 10.8 Å². The lowest BCUT2D eigenvalue weighted by Crippen LogP contribution is -2.44. The number of aryl methyl sites for hydroxylation is 1. The van der Waals surface area contributed by atoms with Crippen LogP contribution in [0.1, 0.15) is 19.3 Å². The van der Waals surface area contributed by atoms with Gasteiger partial charge in [0, 0.05) is 93.1 Å². The number of aromatic amines is 1. The number of likely N-dealkylation sites (tertiary alicyclic amines) is 1. The molecular formula is C27H35N5O5S. The van der Waals surface area contributed by atoms with Crippen molar-refractivity contribution in [3.63, 3.8) is 0 Å². The number of aromatic nitrogens is 2. The van der Waals surface area contributed by atoms with Crippen molar-refractivity contribution in [1.29, 1.82) is 0 Å². The van der Waals surface area contributed by atoms with Crippen LogP contribution in [0.15, 0.2) is 46.3 Å². The predicted octanol–water partition coefficient (Wildman–Crippen LogP) is 2.06. The molecule has 204 valence electrons. The molecule has 11 heteroatoms. The molecule has 10 nitrogen and oxygen atoms in total. The van der Waals surface area contributed by atoms with Crippen LogP contribution in [0.4, 0.5) is 5.69 Å². The summed E-state index contributed by atoms with van der Waals surface area (Å²) in [5.74, 6) is 0.188. The van der Waals surface area contributed by atoms with Gasteiger partial charge in [-0.05, 0) is 37.1 Å². The van der Waals surface area contributed by atoms with Gasteiger partial charge in [-0.2, -0.15) is 0 Å². The summed E-state index contributed by atoms with van der Waals surface area (Å²) in [7, 11) is -1.74. The minimum atomic E-state index is -3.43. The van der Waals surface area contributed by atoms with Gasteiger partial charge in [0.1, 0.15) is 5.52 Å². The zero-order valence-corrected chi connectivity index (χ0v) is 22.7. The number of nitrogens with zero attached hydrogens (tertiary/aromatic N) is 3. The Bertz CT molecular complexity index is 1480. The third kappa shape index (κ3) is 5.64. The maximum absolute atomic E-state index is 12.8. The van der Waals surface area contributed by atoms with Crippen LogP contribution < -0.4 is 10.9 Å². The SMILES string of the molecule is Cn1cc(-c2cc(S(C)(=O)=O)ccc2NC2CCN(C(=O)CCN3CCOCC3)CC2)c2cc[nH]c2c1=O. The van der Waals surface area contributed by atoms with Crippen LogP contribution in [0.3, 0.4) is 0 Å². The number of hydrogen-bond acceptors (Lipinski definition) is 7. The first-order valence-corrected chi connectivity index (χ1v) is 15.0. The average molecular weight is 542 g/mol. The highest BCUT2D eigenvalue weighted by Gasteiger charge is 2.25. The summed E-state index contributed by atoms with van der Waals surface area (Å²) in [6, 6.07) is 7.06. The second-order valence-electron chi connectivity index (χ2n) is 10.2. The number of morpholine rings is 1. The van der Waals surface area contributed by atoms with Crippen molar-refractivity contribution in [2.75, 3.05) is 57.5 Å². The van der Waals surface area contributed by atoms with E-state index in [1.807, 2.05) is 11.0 Å². The molecule has 5 rings (SSSR count). The van der Waals surface area contributed by atoms with Crippen molar-refractivity contribution >= 4 is 32.3 Å². The summed E-state index contributed by atoms with van der Waals surface area (Å²) in [5, 5.41) is 4.35. The topological polar surface area (TPSA) is 117 Å². The molecule has 2 aliphatic heterocycles. The smallest absolute Gasteiger partial charge is 0.274 e. The zero-order valence-electron chi connectivity index (χ0n) is 21.9. The Hall–Kier alpha value is -3.15. The fourth-order valence-electron chi connectivity index (χ4n) is 5.32. The van der Waals surface area contributed by atoms with Crippen LogP contribution in [0.2, 0.25) is 0 Å². The molecule has 0 saturated carbocycles. The molecular weight excluding hydrogens is 506 g/mol. The number of fused-ring (bicyclic) bond motifs is 1. The number of pyridine rings is 1. The highest BCUT2D eigenvalue weighted by molar-refractivity contribution is 7.90. The molecule has 2 fully saturated rings. The number of piperidine rings is 1. The molecule has 0 aliphatic carbocycles. The lowest BCUT2D eigenvalue weighted by molar-refractivity contribution is -0.132.